The van der Waals surface area contributed by atoms with E-state index in [1.54, 1.807) is 4.90 Å². The van der Waals surface area contributed by atoms with Crippen LogP contribution in [0.4, 0.5) is 0 Å². The van der Waals surface area contributed by atoms with Crippen molar-refractivity contribution >= 4 is 5.91 Å². The first-order chi connectivity index (χ1) is 7.06. The van der Waals surface area contributed by atoms with Gasteiger partial charge in [0.25, 0.3) is 0 Å². The third-order valence-corrected chi connectivity index (χ3v) is 2.87. The van der Waals surface area contributed by atoms with Crippen LogP contribution in [0.1, 0.15) is 26.7 Å². The Kier molecular flexibility index (Phi) is 4.54. The number of carbonyl (C=O) groups is 1. The van der Waals surface area contributed by atoms with Gasteiger partial charge in [0.1, 0.15) is 0 Å². The van der Waals surface area contributed by atoms with Crippen molar-refractivity contribution in [3.05, 3.63) is 0 Å². The monoisotopic (exact) mass is 214 g/mol. The molecule has 4 heteroatoms. The van der Waals surface area contributed by atoms with Crippen molar-refractivity contribution in [1.29, 1.82) is 0 Å². The summed E-state index contributed by atoms with van der Waals surface area (Å²) in [6.45, 7) is 5.29. The molecule has 1 aliphatic heterocycles. The van der Waals surface area contributed by atoms with Crippen LogP contribution in [0.3, 0.4) is 0 Å². The fourth-order valence-corrected chi connectivity index (χ4v) is 2.14. The van der Waals surface area contributed by atoms with Crippen molar-refractivity contribution in [3.8, 4) is 0 Å². The lowest BCUT2D eigenvalue weighted by atomic mass is 9.98. The predicted molar refractivity (Wildman–Crippen MR) is 59.4 cm³/mol. The van der Waals surface area contributed by atoms with E-state index in [0.29, 0.717) is 13.2 Å². The molecule has 88 valence electrons. The fourth-order valence-electron chi connectivity index (χ4n) is 2.14. The van der Waals surface area contributed by atoms with Crippen LogP contribution in [0.25, 0.3) is 0 Å². The van der Waals surface area contributed by atoms with Gasteiger partial charge in [-0.25, -0.2) is 0 Å². The van der Waals surface area contributed by atoms with Crippen LogP contribution in [-0.4, -0.2) is 43.2 Å². The van der Waals surface area contributed by atoms with Gasteiger partial charge in [0.15, 0.2) is 0 Å². The van der Waals surface area contributed by atoms with E-state index in [-0.39, 0.29) is 24.0 Å². The zero-order valence-corrected chi connectivity index (χ0v) is 9.90. The number of hydrogen-bond donors (Lipinski definition) is 1. The third kappa shape index (κ3) is 3.18. The standard InChI is InChI=1S/C11H22N2O2/c1-4-10-9(5-6-15-10)11(14)13(3)7-8(2)12/h8-10H,4-7,12H2,1-3H3. The smallest absolute Gasteiger partial charge is 0.228 e. The molecular weight excluding hydrogens is 192 g/mol. The number of rotatable bonds is 4. The van der Waals surface area contributed by atoms with Gasteiger partial charge in [-0.15, -0.1) is 0 Å². The number of likely N-dealkylation sites (N-methyl/N-ethyl adjacent to an activating group) is 1. The second-order valence-corrected chi connectivity index (χ2v) is 4.41. The highest BCUT2D eigenvalue weighted by Crippen LogP contribution is 2.24. The van der Waals surface area contributed by atoms with Gasteiger partial charge < -0.3 is 15.4 Å². The molecule has 1 heterocycles. The third-order valence-electron chi connectivity index (χ3n) is 2.87. The van der Waals surface area contributed by atoms with Crippen LogP contribution in [0, 0.1) is 5.92 Å². The highest BCUT2D eigenvalue weighted by molar-refractivity contribution is 5.79. The maximum atomic E-state index is 12.0. The van der Waals surface area contributed by atoms with E-state index >= 15 is 0 Å². The number of ether oxygens (including phenoxy) is 1. The van der Waals surface area contributed by atoms with Crippen LogP contribution in [0.5, 0.6) is 0 Å². The molecule has 1 rings (SSSR count). The summed E-state index contributed by atoms with van der Waals surface area (Å²) in [5.74, 6) is 0.218. The molecule has 0 aromatic carbocycles. The van der Waals surface area contributed by atoms with Gasteiger partial charge in [0.2, 0.25) is 5.91 Å². The van der Waals surface area contributed by atoms with Crippen LogP contribution >= 0.6 is 0 Å². The molecule has 3 unspecified atom stereocenters. The number of nitrogens with two attached hydrogens (primary N) is 1. The maximum Gasteiger partial charge on any atom is 0.228 e. The molecular formula is C11H22N2O2. The summed E-state index contributed by atoms with van der Waals surface area (Å²) in [4.78, 5) is 13.8. The van der Waals surface area contributed by atoms with Crippen molar-refractivity contribution in [2.75, 3.05) is 20.2 Å². The average molecular weight is 214 g/mol. The Morgan fingerprint density at radius 3 is 2.87 bits per heavy atom. The molecule has 2 N–H and O–H groups in total. The summed E-state index contributed by atoms with van der Waals surface area (Å²) in [6, 6.07) is 0.0290. The Morgan fingerprint density at radius 1 is 1.67 bits per heavy atom. The molecule has 0 radical (unpaired) electrons. The number of carbonyl (C=O) groups excluding carboxylic acids is 1. The molecule has 3 atom stereocenters. The van der Waals surface area contributed by atoms with Crippen LogP contribution in [0.2, 0.25) is 0 Å². The van der Waals surface area contributed by atoms with Crippen molar-refractivity contribution in [2.45, 2.75) is 38.8 Å². The summed E-state index contributed by atoms with van der Waals surface area (Å²) >= 11 is 0. The van der Waals surface area contributed by atoms with Crippen LogP contribution in [-0.2, 0) is 9.53 Å². The van der Waals surface area contributed by atoms with Gasteiger partial charge in [0.05, 0.1) is 12.0 Å². The molecule has 4 nitrogen and oxygen atoms in total. The molecule has 0 aliphatic carbocycles. The lowest BCUT2D eigenvalue weighted by molar-refractivity contribution is -0.136. The molecule has 0 aromatic rings. The summed E-state index contributed by atoms with van der Waals surface area (Å²) < 4.78 is 5.51. The minimum Gasteiger partial charge on any atom is -0.377 e. The van der Waals surface area contributed by atoms with Gasteiger partial charge in [-0.3, -0.25) is 4.79 Å². The van der Waals surface area contributed by atoms with E-state index in [0.717, 1.165) is 12.8 Å². The molecule has 1 saturated heterocycles. The van der Waals surface area contributed by atoms with Gasteiger partial charge in [-0.2, -0.15) is 0 Å². The Hall–Kier alpha value is -0.610. The topological polar surface area (TPSA) is 55.6 Å². The molecule has 1 fully saturated rings. The van der Waals surface area contributed by atoms with Gasteiger partial charge in [-0.05, 0) is 19.8 Å². The average Bonchev–Trinajstić information content (AvgIpc) is 2.62. The largest absolute Gasteiger partial charge is 0.377 e. The van der Waals surface area contributed by atoms with Crippen LogP contribution < -0.4 is 5.73 Å². The van der Waals surface area contributed by atoms with Crippen molar-refractivity contribution in [2.24, 2.45) is 11.7 Å². The Morgan fingerprint density at radius 2 is 2.33 bits per heavy atom. The molecule has 0 aromatic heterocycles. The second kappa shape index (κ2) is 5.47. The SMILES string of the molecule is CCC1OCCC1C(=O)N(C)CC(C)N. The van der Waals surface area contributed by atoms with E-state index in [2.05, 4.69) is 6.92 Å². The minimum atomic E-state index is 0.0290. The van der Waals surface area contributed by atoms with Gasteiger partial charge in [-0.1, -0.05) is 6.92 Å². The van der Waals surface area contributed by atoms with Crippen molar-refractivity contribution in [3.63, 3.8) is 0 Å². The summed E-state index contributed by atoms with van der Waals surface area (Å²) in [6.07, 6.45) is 1.86. The van der Waals surface area contributed by atoms with E-state index in [1.165, 1.54) is 0 Å². The van der Waals surface area contributed by atoms with E-state index in [9.17, 15) is 4.79 Å². The Balaban J connectivity index is 2.51. The van der Waals surface area contributed by atoms with Gasteiger partial charge in [0, 0.05) is 26.2 Å². The van der Waals surface area contributed by atoms with E-state index in [1.807, 2.05) is 14.0 Å². The van der Waals surface area contributed by atoms with E-state index < -0.39 is 0 Å². The summed E-state index contributed by atoms with van der Waals surface area (Å²) in [5.41, 5.74) is 5.67. The molecule has 0 spiro atoms. The summed E-state index contributed by atoms with van der Waals surface area (Å²) in [5, 5.41) is 0. The first-order valence-corrected chi connectivity index (χ1v) is 5.68. The quantitative estimate of drug-likeness (QED) is 0.746. The normalized spacial score (nSPS) is 27.7. The number of amides is 1. The Labute approximate surface area is 91.8 Å². The fraction of sp³-hybridized carbons (Fsp3) is 0.909. The van der Waals surface area contributed by atoms with Crippen molar-refractivity contribution in [1.82, 2.24) is 4.90 Å². The molecule has 0 saturated carbocycles. The highest BCUT2D eigenvalue weighted by atomic mass is 16.5. The molecule has 1 aliphatic rings. The van der Waals surface area contributed by atoms with E-state index in [4.69, 9.17) is 10.5 Å². The molecule has 15 heavy (non-hydrogen) atoms. The maximum absolute atomic E-state index is 12.0. The van der Waals surface area contributed by atoms with Gasteiger partial charge >= 0.3 is 0 Å². The lowest BCUT2D eigenvalue weighted by Gasteiger charge is -2.25. The van der Waals surface area contributed by atoms with Crippen molar-refractivity contribution < 1.29 is 9.53 Å². The summed E-state index contributed by atoms with van der Waals surface area (Å²) in [7, 11) is 1.82. The zero-order valence-electron chi connectivity index (χ0n) is 9.90. The zero-order chi connectivity index (χ0) is 11.4. The number of nitrogens with zero attached hydrogens (tertiary/aromatic N) is 1. The van der Waals surface area contributed by atoms with Crippen LogP contribution in [0.15, 0.2) is 0 Å². The lowest BCUT2D eigenvalue weighted by Crippen LogP contribution is -2.42. The second-order valence-electron chi connectivity index (χ2n) is 4.41. The number of hydrogen-bond acceptors (Lipinski definition) is 3. The molecule has 0 bridgehead atoms. The first kappa shape index (κ1) is 12.5. The molecule has 1 amide bonds. The minimum absolute atomic E-state index is 0.0290. The predicted octanol–water partition coefficient (Wildman–Crippen LogP) is 0.607. The first-order valence-electron chi connectivity index (χ1n) is 5.68. The highest BCUT2D eigenvalue weighted by Gasteiger charge is 2.34. The Bertz CT molecular complexity index is 219.